The Kier molecular flexibility index (Phi) is 7.59. The van der Waals surface area contributed by atoms with Crippen molar-refractivity contribution in [2.24, 2.45) is 11.8 Å². The summed E-state index contributed by atoms with van der Waals surface area (Å²) in [7, 11) is 1.36. The Hall–Kier alpha value is -4.26. The van der Waals surface area contributed by atoms with Crippen LogP contribution in [-0.2, 0) is 9.53 Å². The molecule has 1 fully saturated rings. The fourth-order valence-electron chi connectivity index (χ4n) is 4.58. The van der Waals surface area contributed by atoms with Crippen molar-refractivity contribution >= 4 is 34.9 Å². The lowest BCUT2D eigenvalue weighted by Gasteiger charge is -2.16. The lowest BCUT2D eigenvalue weighted by Crippen LogP contribution is -2.26. The van der Waals surface area contributed by atoms with Gasteiger partial charge in [0.2, 0.25) is 0 Å². The molecule has 0 heterocycles. The number of carbonyl (C=O) groups excluding carboxylic acids is 4. The first kappa shape index (κ1) is 24.9. The summed E-state index contributed by atoms with van der Waals surface area (Å²) in [6, 6.07) is 21.0. The first-order valence-corrected chi connectivity index (χ1v) is 11.9. The maximum atomic E-state index is 13.0. The van der Waals surface area contributed by atoms with Crippen LogP contribution in [0.15, 0.2) is 72.8 Å². The molecule has 2 N–H and O–H groups in total. The Morgan fingerprint density at radius 2 is 1.17 bits per heavy atom. The van der Waals surface area contributed by atoms with Crippen LogP contribution in [0, 0.1) is 11.8 Å². The number of amides is 2. The van der Waals surface area contributed by atoms with Crippen LogP contribution >= 0.6 is 0 Å². The van der Waals surface area contributed by atoms with E-state index >= 15 is 0 Å². The summed E-state index contributed by atoms with van der Waals surface area (Å²) >= 11 is 0. The molecule has 0 radical (unpaired) electrons. The number of esters is 1. The van der Waals surface area contributed by atoms with Crippen molar-refractivity contribution in [3.05, 3.63) is 83.9 Å². The molecule has 184 valence electrons. The van der Waals surface area contributed by atoms with Gasteiger partial charge < -0.3 is 15.4 Å². The van der Waals surface area contributed by atoms with Gasteiger partial charge in [-0.05, 0) is 67.3 Å². The molecule has 4 rings (SSSR count). The van der Waals surface area contributed by atoms with E-state index in [0.717, 1.165) is 17.5 Å². The molecular formula is C29H28N2O5. The van der Waals surface area contributed by atoms with Gasteiger partial charge in [-0.1, -0.05) is 42.8 Å². The summed E-state index contributed by atoms with van der Waals surface area (Å²) in [5, 5.41) is 5.51. The summed E-state index contributed by atoms with van der Waals surface area (Å²) in [6.45, 7) is 1.49. The van der Waals surface area contributed by atoms with Gasteiger partial charge in [-0.15, -0.1) is 0 Å². The highest BCUT2D eigenvalue weighted by molar-refractivity contribution is 6.01. The average Bonchev–Trinajstić information content (AvgIpc) is 3.39. The summed E-state index contributed by atoms with van der Waals surface area (Å²) in [6.07, 6.45) is 2.23. The van der Waals surface area contributed by atoms with Gasteiger partial charge >= 0.3 is 12.0 Å². The van der Waals surface area contributed by atoms with Crippen molar-refractivity contribution < 1.29 is 23.9 Å². The summed E-state index contributed by atoms with van der Waals surface area (Å²) in [5.41, 5.74) is 4.25. The highest BCUT2D eigenvalue weighted by Gasteiger charge is 2.38. The zero-order valence-corrected chi connectivity index (χ0v) is 20.2. The number of anilines is 2. The van der Waals surface area contributed by atoms with Gasteiger partial charge in [0.15, 0.2) is 11.6 Å². The molecule has 1 saturated carbocycles. The van der Waals surface area contributed by atoms with Crippen molar-refractivity contribution in [1.29, 1.82) is 0 Å². The van der Waals surface area contributed by atoms with Crippen LogP contribution in [-0.4, -0.2) is 30.7 Å². The highest BCUT2D eigenvalue weighted by atomic mass is 16.5. The van der Waals surface area contributed by atoms with Crippen molar-refractivity contribution in [2.45, 2.75) is 26.2 Å². The quantitative estimate of drug-likeness (QED) is 0.318. The first-order chi connectivity index (χ1) is 17.4. The van der Waals surface area contributed by atoms with E-state index in [1.165, 1.54) is 14.0 Å². The van der Waals surface area contributed by atoms with Crippen LogP contribution in [0.3, 0.4) is 0 Å². The fourth-order valence-corrected chi connectivity index (χ4v) is 4.58. The predicted octanol–water partition coefficient (Wildman–Crippen LogP) is 5.97. The average molecular weight is 485 g/mol. The second-order valence-corrected chi connectivity index (χ2v) is 8.90. The van der Waals surface area contributed by atoms with Crippen LogP contribution < -0.4 is 10.6 Å². The zero-order chi connectivity index (χ0) is 25.7. The number of ether oxygens (including phenoxy) is 1. The van der Waals surface area contributed by atoms with E-state index in [1.54, 1.807) is 48.5 Å². The van der Waals surface area contributed by atoms with Gasteiger partial charge in [0.25, 0.3) is 0 Å². The Labute approximate surface area is 209 Å². The molecule has 0 spiro atoms. The maximum Gasteiger partial charge on any atom is 0.323 e. The first-order valence-electron chi connectivity index (χ1n) is 11.9. The van der Waals surface area contributed by atoms with Gasteiger partial charge in [0, 0.05) is 28.4 Å². The number of urea groups is 1. The van der Waals surface area contributed by atoms with E-state index in [4.69, 9.17) is 4.74 Å². The number of carbonyl (C=O) groups is 4. The number of benzene rings is 3. The van der Waals surface area contributed by atoms with E-state index in [1.807, 2.05) is 24.3 Å². The molecule has 0 bridgehead atoms. The van der Waals surface area contributed by atoms with E-state index in [9.17, 15) is 19.2 Å². The minimum absolute atomic E-state index is 0.0176. The Morgan fingerprint density at radius 1 is 0.694 bits per heavy atom. The number of ketones is 2. The van der Waals surface area contributed by atoms with Crippen LogP contribution in [0.4, 0.5) is 16.2 Å². The molecule has 0 unspecified atom stereocenters. The number of rotatable bonds is 7. The van der Waals surface area contributed by atoms with Crippen molar-refractivity contribution in [3.8, 4) is 11.1 Å². The summed E-state index contributed by atoms with van der Waals surface area (Å²) < 4.78 is 4.87. The number of hydrogen-bond donors (Lipinski definition) is 2. The van der Waals surface area contributed by atoms with E-state index < -0.39 is 6.03 Å². The molecule has 7 heteroatoms. The molecule has 36 heavy (non-hydrogen) atoms. The van der Waals surface area contributed by atoms with Gasteiger partial charge in [-0.25, -0.2) is 4.79 Å². The number of methoxy groups -OCH3 is 1. The van der Waals surface area contributed by atoms with E-state index in [0.29, 0.717) is 35.3 Å². The highest BCUT2D eigenvalue weighted by Crippen LogP contribution is 2.35. The summed E-state index contributed by atoms with van der Waals surface area (Å²) in [5.74, 6) is -1.05. The third-order valence-corrected chi connectivity index (χ3v) is 6.55. The topological polar surface area (TPSA) is 102 Å². The smallest absolute Gasteiger partial charge is 0.323 e. The molecule has 0 aromatic heterocycles. The van der Waals surface area contributed by atoms with Crippen LogP contribution in [0.5, 0.6) is 0 Å². The van der Waals surface area contributed by atoms with Crippen LogP contribution in [0.25, 0.3) is 11.1 Å². The lowest BCUT2D eigenvalue weighted by molar-refractivity contribution is -0.146. The standard InChI is InChI=1S/C29H28N2O5/c1-18(32)19-10-14-23(15-11-19)30-29(35)31-24-16-12-21(13-17-24)20-6-8-22(9-7-20)27(33)25-4-3-5-26(25)28(34)36-2/h6-17,25-26H,3-5H2,1-2H3,(H2,30,31,35)/t25-,26-/m1/s1. The zero-order valence-electron chi connectivity index (χ0n) is 20.2. The Bertz CT molecular complexity index is 1260. The van der Waals surface area contributed by atoms with E-state index in [2.05, 4.69) is 10.6 Å². The minimum atomic E-state index is -0.390. The van der Waals surface area contributed by atoms with Gasteiger partial charge in [-0.2, -0.15) is 0 Å². The molecule has 0 saturated heterocycles. The number of hydrogen-bond acceptors (Lipinski definition) is 5. The van der Waals surface area contributed by atoms with Crippen molar-refractivity contribution in [3.63, 3.8) is 0 Å². The normalized spacial score (nSPS) is 16.7. The van der Waals surface area contributed by atoms with Crippen LogP contribution in [0.1, 0.15) is 46.9 Å². The predicted molar refractivity (Wildman–Crippen MR) is 138 cm³/mol. The van der Waals surface area contributed by atoms with E-state index in [-0.39, 0.29) is 29.4 Å². The molecule has 1 aliphatic rings. The Balaban J connectivity index is 1.36. The molecule has 0 aliphatic heterocycles. The molecular weight excluding hydrogens is 456 g/mol. The third-order valence-electron chi connectivity index (χ3n) is 6.55. The third kappa shape index (κ3) is 5.68. The lowest BCUT2D eigenvalue weighted by atomic mass is 9.88. The van der Waals surface area contributed by atoms with Crippen molar-refractivity contribution in [2.75, 3.05) is 17.7 Å². The molecule has 7 nitrogen and oxygen atoms in total. The van der Waals surface area contributed by atoms with Gasteiger partial charge in [0.1, 0.15) is 0 Å². The molecule has 2 amide bonds. The molecule has 1 aliphatic carbocycles. The number of nitrogens with one attached hydrogen (secondary N) is 2. The Morgan fingerprint density at radius 3 is 1.69 bits per heavy atom. The largest absolute Gasteiger partial charge is 0.469 e. The SMILES string of the molecule is COC(=O)[C@@H]1CCC[C@H]1C(=O)c1ccc(-c2ccc(NC(=O)Nc3ccc(C(C)=O)cc3)cc2)cc1. The molecule has 3 aromatic carbocycles. The van der Waals surface area contributed by atoms with Gasteiger partial charge in [0.05, 0.1) is 13.0 Å². The van der Waals surface area contributed by atoms with Crippen molar-refractivity contribution in [1.82, 2.24) is 0 Å². The second kappa shape index (κ2) is 11.0. The van der Waals surface area contributed by atoms with Gasteiger partial charge in [-0.3, -0.25) is 14.4 Å². The monoisotopic (exact) mass is 484 g/mol. The molecule has 2 atom stereocenters. The fraction of sp³-hybridized carbons (Fsp3) is 0.241. The molecule has 3 aromatic rings. The number of Topliss-reactive ketones (excluding diaryl/α,β-unsaturated/α-hetero) is 2. The maximum absolute atomic E-state index is 13.0. The summed E-state index contributed by atoms with van der Waals surface area (Å²) in [4.78, 5) is 48.7. The second-order valence-electron chi connectivity index (χ2n) is 8.90. The minimum Gasteiger partial charge on any atom is -0.469 e. The van der Waals surface area contributed by atoms with Crippen LogP contribution in [0.2, 0.25) is 0 Å².